The summed E-state index contributed by atoms with van der Waals surface area (Å²) in [6.07, 6.45) is 1.76. The fourth-order valence-corrected chi connectivity index (χ4v) is 1.82. The molecule has 0 saturated carbocycles. The van der Waals surface area contributed by atoms with Gasteiger partial charge < -0.3 is 5.32 Å². The van der Waals surface area contributed by atoms with Crippen LogP contribution in [0.2, 0.25) is 0 Å². The summed E-state index contributed by atoms with van der Waals surface area (Å²) < 4.78 is 1.67. The van der Waals surface area contributed by atoms with Crippen molar-refractivity contribution in [3.05, 3.63) is 35.0 Å². The molecule has 0 atom stereocenters. The second-order valence-electron chi connectivity index (χ2n) is 2.96. The Hall–Kier alpha value is -1.69. The maximum Gasteiger partial charge on any atom is 0.243 e. The van der Waals surface area contributed by atoms with Gasteiger partial charge >= 0.3 is 0 Å². The lowest BCUT2D eigenvalue weighted by Gasteiger charge is -2.03. The molecule has 0 aliphatic heterocycles. The Morgan fingerprint density at radius 2 is 2.53 bits per heavy atom. The van der Waals surface area contributed by atoms with Crippen LogP contribution in [0, 0.1) is 0 Å². The normalized spacial score (nSPS) is 10.1. The molecular formula is C9H11N5S. The maximum atomic E-state index is 3.88. The fourth-order valence-electron chi connectivity index (χ4n) is 1.15. The summed E-state index contributed by atoms with van der Waals surface area (Å²) in [4.78, 5) is 0. The molecule has 0 amide bonds. The van der Waals surface area contributed by atoms with Crippen LogP contribution in [0.3, 0.4) is 0 Å². The van der Waals surface area contributed by atoms with E-state index in [1.807, 2.05) is 5.38 Å². The molecule has 0 aromatic carbocycles. The second-order valence-corrected chi connectivity index (χ2v) is 3.74. The number of hydrogen-bond donors (Lipinski definition) is 1. The minimum absolute atomic E-state index is 0.610. The lowest BCUT2D eigenvalue weighted by Crippen LogP contribution is -2.07. The van der Waals surface area contributed by atoms with E-state index in [9.17, 15) is 0 Å². The second kappa shape index (κ2) is 4.70. The summed E-state index contributed by atoms with van der Waals surface area (Å²) >= 11 is 1.68. The Kier molecular flexibility index (Phi) is 3.08. The standard InChI is InChI=1S/C9H11N5S/c1-2-4-14-9(11-12-13-14)10-6-8-3-5-15-7-8/h2-3,5,7H,1,4,6H2,(H,10,11,13). The monoisotopic (exact) mass is 221 g/mol. The zero-order valence-electron chi connectivity index (χ0n) is 8.13. The molecule has 2 aromatic rings. The molecule has 1 N–H and O–H groups in total. The van der Waals surface area contributed by atoms with Crippen molar-refractivity contribution in [3.8, 4) is 0 Å². The Bertz CT molecular complexity index is 419. The Labute approximate surface area is 91.4 Å². The van der Waals surface area contributed by atoms with Gasteiger partial charge in [-0.3, -0.25) is 0 Å². The first-order valence-corrected chi connectivity index (χ1v) is 5.46. The molecule has 78 valence electrons. The van der Waals surface area contributed by atoms with Gasteiger partial charge in [0, 0.05) is 6.54 Å². The molecule has 0 bridgehead atoms. The first-order valence-electron chi connectivity index (χ1n) is 4.52. The minimum Gasteiger partial charge on any atom is -0.349 e. The molecule has 0 spiro atoms. The maximum absolute atomic E-state index is 3.88. The summed E-state index contributed by atoms with van der Waals surface area (Å²) in [5.41, 5.74) is 1.23. The summed E-state index contributed by atoms with van der Waals surface area (Å²) in [6.45, 7) is 4.99. The molecule has 0 fully saturated rings. The van der Waals surface area contributed by atoms with Crippen LogP contribution >= 0.6 is 11.3 Å². The van der Waals surface area contributed by atoms with Gasteiger partial charge in [0.25, 0.3) is 0 Å². The van der Waals surface area contributed by atoms with E-state index in [4.69, 9.17) is 0 Å². The largest absolute Gasteiger partial charge is 0.349 e. The number of nitrogens with one attached hydrogen (secondary N) is 1. The number of anilines is 1. The van der Waals surface area contributed by atoms with Crippen molar-refractivity contribution < 1.29 is 0 Å². The molecule has 0 aliphatic rings. The van der Waals surface area contributed by atoms with E-state index in [0.29, 0.717) is 12.5 Å². The number of aromatic nitrogens is 4. The van der Waals surface area contributed by atoms with Crippen LogP contribution in [0.1, 0.15) is 5.56 Å². The van der Waals surface area contributed by atoms with Gasteiger partial charge in [0.1, 0.15) is 0 Å². The molecule has 2 rings (SSSR count). The third-order valence-corrected chi connectivity index (χ3v) is 2.60. The van der Waals surface area contributed by atoms with Crippen molar-refractivity contribution in [2.45, 2.75) is 13.1 Å². The Morgan fingerprint density at radius 3 is 3.27 bits per heavy atom. The molecule has 0 aliphatic carbocycles. The van der Waals surface area contributed by atoms with Crippen LogP contribution in [-0.4, -0.2) is 20.2 Å². The van der Waals surface area contributed by atoms with E-state index in [1.54, 1.807) is 22.1 Å². The van der Waals surface area contributed by atoms with Crippen LogP contribution in [0.25, 0.3) is 0 Å². The van der Waals surface area contributed by atoms with E-state index in [2.05, 4.69) is 38.9 Å². The highest BCUT2D eigenvalue weighted by atomic mass is 32.1. The number of hydrogen-bond acceptors (Lipinski definition) is 5. The van der Waals surface area contributed by atoms with E-state index in [1.165, 1.54) is 5.56 Å². The van der Waals surface area contributed by atoms with Gasteiger partial charge in [-0.05, 0) is 32.8 Å². The zero-order chi connectivity index (χ0) is 10.5. The van der Waals surface area contributed by atoms with Gasteiger partial charge in [0.05, 0.1) is 6.54 Å². The summed E-state index contributed by atoms with van der Waals surface area (Å²) in [6, 6.07) is 2.07. The summed E-state index contributed by atoms with van der Waals surface area (Å²) in [5, 5.41) is 18.6. The van der Waals surface area contributed by atoms with Crippen molar-refractivity contribution in [2.24, 2.45) is 0 Å². The highest BCUT2D eigenvalue weighted by Gasteiger charge is 2.03. The highest BCUT2D eigenvalue weighted by Crippen LogP contribution is 2.08. The van der Waals surface area contributed by atoms with Crippen LogP contribution in [0.5, 0.6) is 0 Å². The SMILES string of the molecule is C=CCn1nnnc1NCc1ccsc1. The zero-order valence-corrected chi connectivity index (χ0v) is 8.94. The first kappa shape index (κ1) is 9.85. The Morgan fingerprint density at radius 1 is 1.60 bits per heavy atom. The number of nitrogens with zero attached hydrogens (tertiary/aromatic N) is 4. The molecular weight excluding hydrogens is 210 g/mol. The minimum atomic E-state index is 0.610. The van der Waals surface area contributed by atoms with Crippen molar-refractivity contribution in [1.82, 2.24) is 20.2 Å². The molecule has 0 saturated heterocycles. The quantitative estimate of drug-likeness (QED) is 0.778. The van der Waals surface area contributed by atoms with Gasteiger partial charge in [-0.25, -0.2) is 4.68 Å². The highest BCUT2D eigenvalue weighted by molar-refractivity contribution is 7.07. The molecule has 2 aromatic heterocycles. The number of rotatable bonds is 5. The van der Waals surface area contributed by atoms with Gasteiger partial charge in [-0.1, -0.05) is 11.2 Å². The summed E-state index contributed by atoms with van der Waals surface area (Å²) in [5.74, 6) is 0.668. The van der Waals surface area contributed by atoms with Gasteiger partial charge in [0.15, 0.2) is 0 Å². The van der Waals surface area contributed by atoms with Crippen LogP contribution in [0.15, 0.2) is 29.5 Å². The van der Waals surface area contributed by atoms with E-state index in [0.717, 1.165) is 6.54 Å². The molecule has 0 unspecified atom stereocenters. The number of thiophene rings is 1. The van der Waals surface area contributed by atoms with Crippen molar-refractivity contribution in [1.29, 1.82) is 0 Å². The topological polar surface area (TPSA) is 55.6 Å². The molecule has 6 heteroatoms. The van der Waals surface area contributed by atoms with Crippen molar-refractivity contribution >= 4 is 17.3 Å². The van der Waals surface area contributed by atoms with Crippen molar-refractivity contribution in [2.75, 3.05) is 5.32 Å². The van der Waals surface area contributed by atoms with E-state index < -0.39 is 0 Å². The average molecular weight is 221 g/mol. The molecule has 5 nitrogen and oxygen atoms in total. The Balaban J connectivity index is 1.98. The van der Waals surface area contributed by atoms with Gasteiger partial charge in [-0.15, -0.1) is 6.58 Å². The number of allylic oxidation sites excluding steroid dienone is 1. The molecule has 0 radical (unpaired) electrons. The smallest absolute Gasteiger partial charge is 0.243 e. The fraction of sp³-hybridized carbons (Fsp3) is 0.222. The predicted octanol–water partition coefficient (Wildman–Crippen LogP) is 1.53. The summed E-state index contributed by atoms with van der Waals surface area (Å²) in [7, 11) is 0. The molecule has 2 heterocycles. The predicted molar refractivity (Wildman–Crippen MR) is 59.7 cm³/mol. The number of tetrazole rings is 1. The van der Waals surface area contributed by atoms with Crippen molar-refractivity contribution in [3.63, 3.8) is 0 Å². The third kappa shape index (κ3) is 2.41. The third-order valence-electron chi connectivity index (χ3n) is 1.86. The first-order chi connectivity index (χ1) is 7.40. The van der Waals surface area contributed by atoms with E-state index >= 15 is 0 Å². The lowest BCUT2D eigenvalue weighted by molar-refractivity contribution is 0.663. The molecule has 15 heavy (non-hydrogen) atoms. The van der Waals surface area contributed by atoms with E-state index in [-0.39, 0.29) is 0 Å². The lowest BCUT2D eigenvalue weighted by atomic mass is 10.3. The van der Waals surface area contributed by atoms with Gasteiger partial charge in [0.2, 0.25) is 5.95 Å². The average Bonchev–Trinajstić information content (AvgIpc) is 2.85. The van der Waals surface area contributed by atoms with Crippen LogP contribution < -0.4 is 5.32 Å². The van der Waals surface area contributed by atoms with Gasteiger partial charge in [-0.2, -0.15) is 11.3 Å². The van der Waals surface area contributed by atoms with Crippen LogP contribution in [0.4, 0.5) is 5.95 Å². The van der Waals surface area contributed by atoms with Crippen LogP contribution in [-0.2, 0) is 13.1 Å².